The Kier molecular flexibility index (Phi) is 6.24. The third kappa shape index (κ3) is 4.30. The number of amides is 1. The van der Waals surface area contributed by atoms with E-state index < -0.39 is 10.0 Å². The van der Waals surface area contributed by atoms with Crippen LogP contribution in [0.3, 0.4) is 0 Å². The van der Waals surface area contributed by atoms with Gasteiger partial charge in [-0.25, -0.2) is 8.42 Å². The van der Waals surface area contributed by atoms with E-state index in [2.05, 4.69) is 0 Å². The number of likely N-dealkylation sites (tertiary alicyclic amines) is 1. The highest BCUT2D eigenvalue weighted by molar-refractivity contribution is 7.92. The monoisotopic (exact) mass is 402 g/mol. The summed E-state index contributed by atoms with van der Waals surface area (Å²) in [6.07, 6.45) is 3.03. The molecule has 1 aliphatic rings. The summed E-state index contributed by atoms with van der Waals surface area (Å²) in [5.74, 6) is 0.451. The van der Waals surface area contributed by atoms with Crippen LogP contribution in [0.2, 0.25) is 0 Å². The van der Waals surface area contributed by atoms with Crippen molar-refractivity contribution in [1.82, 2.24) is 4.90 Å². The number of ether oxygens (including phenoxy) is 1. The summed E-state index contributed by atoms with van der Waals surface area (Å²) in [6, 6.07) is 13.5. The molecule has 1 amide bonds. The summed E-state index contributed by atoms with van der Waals surface area (Å²) in [5.41, 5.74) is 1.19. The maximum atomic E-state index is 13.4. The highest BCUT2D eigenvalue weighted by Gasteiger charge is 2.29. The SMILES string of the molecule is COc1ccc(S(=O)(=O)N(CC(=O)N2CCCCC2)c2ccccc2)cc1C. The molecule has 1 saturated heterocycles. The van der Waals surface area contributed by atoms with Gasteiger partial charge in [-0.2, -0.15) is 0 Å². The Balaban J connectivity index is 1.96. The van der Waals surface area contributed by atoms with Crippen molar-refractivity contribution in [3.8, 4) is 5.75 Å². The van der Waals surface area contributed by atoms with Crippen LogP contribution < -0.4 is 9.04 Å². The molecule has 1 fully saturated rings. The number of piperidine rings is 1. The van der Waals surface area contributed by atoms with Crippen molar-refractivity contribution >= 4 is 21.6 Å². The fourth-order valence-corrected chi connectivity index (χ4v) is 4.91. The summed E-state index contributed by atoms with van der Waals surface area (Å²) in [6.45, 7) is 2.95. The van der Waals surface area contributed by atoms with Gasteiger partial charge in [-0.3, -0.25) is 9.10 Å². The molecule has 0 atom stereocenters. The second-order valence-corrected chi connectivity index (χ2v) is 8.78. The van der Waals surface area contributed by atoms with Crippen molar-refractivity contribution < 1.29 is 17.9 Å². The lowest BCUT2D eigenvalue weighted by Crippen LogP contribution is -2.44. The van der Waals surface area contributed by atoms with Gasteiger partial charge in [-0.1, -0.05) is 18.2 Å². The van der Waals surface area contributed by atoms with Gasteiger partial charge in [0.05, 0.1) is 17.7 Å². The Morgan fingerprint density at radius 3 is 2.36 bits per heavy atom. The maximum absolute atomic E-state index is 13.4. The predicted octanol–water partition coefficient (Wildman–Crippen LogP) is 3.21. The minimum atomic E-state index is -3.91. The van der Waals surface area contributed by atoms with Crippen LogP contribution in [0.5, 0.6) is 5.75 Å². The minimum Gasteiger partial charge on any atom is -0.496 e. The Bertz CT molecular complexity index is 923. The summed E-state index contributed by atoms with van der Waals surface area (Å²) in [5, 5.41) is 0. The van der Waals surface area contributed by atoms with E-state index in [1.807, 2.05) is 6.07 Å². The van der Waals surface area contributed by atoms with Gasteiger partial charge in [0.25, 0.3) is 10.0 Å². The second-order valence-electron chi connectivity index (χ2n) is 6.92. The van der Waals surface area contributed by atoms with Crippen LogP contribution in [0, 0.1) is 6.92 Å². The summed E-state index contributed by atoms with van der Waals surface area (Å²) in [4.78, 5) is 14.7. The van der Waals surface area contributed by atoms with E-state index in [0.29, 0.717) is 24.5 Å². The van der Waals surface area contributed by atoms with Crippen LogP contribution >= 0.6 is 0 Å². The van der Waals surface area contributed by atoms with Crippen molar-refractivity contribution in [1.29, 1.82) is 0 Å². The highest BCUT2D eigenvalue weighted by Crippen LogP contribution is 2.27. The highest BCUT2D eigenvalue weighted by atomic mass is 32.2. The van der Waals surface area contributed by atoms with Gasteiger partial charge in [-0.15, -0.1) is 0 Å². The van der Waals surface area contributed by atoms with E-state index >= 15 is 0 Å². The number of hydrogen-bond acceptors (Lipinski definition) is 4. The number of methoxy groups -OCH3 is 1. The number of anilines is 1. The van der Waals surface area contributed by atoms with Crippen LogP contribution in [0.25, 0.3) is 0 Å². The minimum absolute atomic E-state index is 0.140. The normalized spacial score (nSPS) is 14.6. The molecule has 150 valence electrons. The number of rotatable bonds is 6. The van der Waals surface area contributed by atoms with Gasteiger partial charge >= 0.3 is 0 Å². The number of benzene rings is 2. The zero-order valence-electron chi connectivity index (χ0n) is 16.3. The first-order valence-corrected chi connectivity index (χ1v) is 10.9. The van der Waals surface area contributed by atoms with Crippen LogP contribution in [0.1, 0.15) is 24.8 Å². The van der Waals surface area contributed by atoms with E-state index in [0.717, 1.165) is 24.8 Å². The smallest absolute Gasteiger partial charge is 0.264 e. The molecular weight excluding hydrogens is 376 g/mol. The third-order valence-electron chi connectivity index (χ3n) is 4.99. The Labute approximate surface area is 166 Å². The fraction of sp³-hybridized carbons (Fsp3) is 0.381. The van der Waals surface area contributed by atoms with Crippen molar-refractivity contribution in [2.24, 2.45) is 0 Å². The molecule has 0 aliphatic carbocycles. The largest absolute Gasteiger partial charge is 0.496 e. The molecule has 1 heterocycles. The molecule has 7 heteroatoms. The van der Waals surface area contributed by atoms with Crippen molar-refractivity contribution in [2.75, 3.05) is 31.0 Å². The van der Waals surface area contributed by atoms with Crippen molar-refractivity contribution in [3.63, 3.8) is 0 Å². The fourth-order valence-electron chi connectivity index (χ4n) is 3.41. The lowest BCUT2D eigenvalue weighted by molar-refractivity contribution is -0.130. The Morgan fingerprint density at radius 1 is 1.07 bits per heavy atom. The van der Waals surface area contributed by atoms with Crippen LogP contribution in [-0.4, -0.2) is 46.0 Å². The van der Waals surface area contributed by atoms with E-state index in [1.54, 1.807) is 55.3 Å². The predicted molar refractivity (Wildman–Crippen MR) is 109 cm³/mol. The molecule has 0 aromatic heterocycles. The van der Waals surface area contributed by atoms with Crippen molar-refractivity contribution in [3.05, 3.63) is 54.1 Å². The number of carbonyl (C=O) groups excluding carboxylic acids is 1. The number of hydrogen-bond donors (Lipinski definition) is 0. The summed E-state index contributed by atoms with van der Waals surface area (Å²) >= 11 is 0. The summed E-state index contributed by atoms with van der Waals surface area (Å²) < 4.78 is 33.3. The Morgan fingerprint density at radius 2 is 1.75 bits per heavy atom. The average Bonchev–Trinajstić information content (AvgIpc) is 2.72. The number of aryl methyl sites for hydroxylation is 1. The van der Waals surface area contributed by atoms with Gasteiger partial charge in [0.1, 0.15) is 12.3 Å². The van der Waals surface area contributed by atoms with Crippen LogP contribution in [-0.2, 0) is 14.8 Å². The molecular formula is C21H26N2O4S. The first-order valence-electron chi connectivity index (χ1n) is 9.43. The molecule has 0 saturated carbocycles. The number of carbonyl (C=O) groups is 1. The van der Waals surface area contributed by atoms with Crippen molar-refractivity contribution in [2.45, 2.75) is 31.1 Å². The zero-order valence-corrected chi connectivity index (χ0v) is 17.1. The van der Waals surface area contributed by atoms with Gasteiger partial charge in [0.15, 0.2) is 0 Å². The molecule has 0 N–H and O–H groups in total. The molecule has 0 unspecified atom stereocenters. The molecule has 6 nitrogen and oxygen atoms in total. The number of sulfonamides is 1. The standard InChI is InChI=1S/C21H26N2O4S/c1-17-15-19(11-12-20(17)27-2)28(25,26)23(18-9-5-3-6-10-18)16-21(24)22-13-7-4-8-14-22/h3,5-6,9-12,15H,4,7-8,13-14,16H2,1-2H3. The topological polar surface area (TPSA) is 66.9 Å². The maximum Gasteiger partial charge on any atom is 0.264 e. The Hall–Kier alpha value is -2.54. The summed E-state index contributed by atoms with van der Waals surface area (Å²) in [7, 11) is -2.36. The van der Waals surface area contributed by atoms with Crippen LogP contribution in [0.4, 0.5) is 5.69 Å². The van der Waals surface area contributed by atoms with Gasteiger partial charge in [0, 0.05) is 13.1 Å². The van der Waals surface area contributed by atoms with E-state index in [4.69, 9.17) is 4.74 Å². The van der Waals surface area contributed by atoms with Crippen LogP contribution in [0.15, 0.2) is 53.4 Å². The molecule has 2 aromatic carbocycles. The first-order chi connectivity index (χ1) is 13.4. The number of para-hydroxylation sites is 1. The second kappa shape index (κ2) is 8.65. The first kappa shape index (κ1) is 20.2. The lowest BCUT2D eigenvalue weighted by atomic mass is 10.1. The van der Waals surface area contributed by atoms with Gasteiger partial charge in [0.2, 0.25) is 5.91 Å². The van der Waals surface area contributed by atoms with E-state index in [9.17, 15) is 13.2 Å². The molecule has 0 spiro atoms. The lowest BCUT2D eigenvalue weighted by Gasteiger charge is -2.30. The molecule has 2 aromatic rings. The molecule has 0 bridgehead atoms. The molecule has 1 aliphatic heterocycles. The van der Waals surface area contributed by atoms with Gasteiger partial charge in [-0.05, 0) is 62.1 Å². The quantitative estimate of drug-likeness (QED) is 0.744. The van der Waals surface area contributed by atoms with E-state index in [-0.39, 0.29) is 17.3 Å². The molecule has 3 rings (SSSR count). The van der Waals surface area contributed by atoms with E-state index in [1.165, 1.54) is 10.4 Å². The zero-order chi connectivity index (χ0) is 20.1. The van der Waals surface area contributed by atoms with Gasteiger partial charge < -0.3 is 9.64 Å². The molecule has 0 radical (unpaired) electrons. The molecule has 28 heavy (non-hydrogen) atoms. The number of nitrogens with zero attached hydrogens (tertiary/aromatic N) is 2. The average molecular weight is 403 g/mol. The third-order valence-corrected chi connectivity index (χ3v) is 6.76.